The quantitative estimate of drug-likeness (QED) is 0.181. The summed E-state index contributed by atoms with van der Waals surface area (Å²) in [6.45, 7) is 0.878. The van der Waals surface area contributed by atoms with Gasteiger partial charge in [-0.25, -0.2) is 0 Å². The minimum absolute atomic E-state index is 0.392. The molecule has 0 radical (unpaired) electrons. The monoisotopic (exact) mass is 406 g/mol. The molecule has 0 aromatic heterocycles. The van der Waals surface area contributed by atoms with Crippen molar-refractivity contribution in [1.82, 2.24) is 0 Å². The van der Waals surface area contributed by atoms with Crippen LogP contribution in [0.4, 0.5) is 0 Å². The van der Waals surface area contributed by atoms with Gasteiger partial charge in [0.25, 0.3) is 0 Å². The van der Waals surface area contributed by atoms with Crippen molar-refractivity contribution in [2.45, 2.75) is 99.3 Å². The van der Waals surface area contributed by atoms with E-state index in [9.17, 15) is 20.4 Å². The molecule has 2 saturated carbocycles. The standard InChI is InChI=1S/C18H38N4O6/c19-9-7-11(21)17(15(25)13(9)23)27-5-3-1-2-4-6-28-18-12(22)8-10(20)14(24)16(18)26/h9-18,23-26H,1-8,19-22H2/t9-,10-,11+,12+,13+,14+,15-,16-,17-,18-/m1/s1. The lowest BCUT2D eigenvalue weighted by molar-refractivity contribution is -0.128. The molecule has 0 saturated heterocycles. The highest BCUT2D eigenvalue weighted by Gasteiger charge is 2.42. The second kappa shape index (κ2) is 11.1. The van der Waals surface area contributed by atoms with E-state index in [1.807, 2.05) is 0 Å². The maximum atomic E-state index is 10.0. The maximum absolute atomic E-state index is 10.0. The van der Waals surface area contributed by atoms with Gasteiger partial charge in [-0.05, 0) is 25.7 Å². The molecule has 0 aromatic rings. The summed E-state index contributed by atoms with van der Waals surface area (Å²) in [6.07, 6.45) is -1.18. The Kier molecular flexibility index (Phi) is 9.48. The third-order valence-electron chi connectivity index (χ3n) is 5.84. The predicted molar refractivity (Wildman–Crippen MR) is 103 cm³/mol. The summed E-state index contributed by atoms with van der Waals surface area (Å²) in [7, 11) is 0. The fourth-order valence-electron chi connectivity index (χ4n) is 4.02. The second-order valence-corrected chi connectivity index (χ2v) is 8.17. The van der Waals surface area contributed by atoms with Gasteiger partial charge in [-0.1, -0.05) is 12.8 Å². The minimum atomic E-state index is -1.07. The second-order valence-electron chi connectivity index (χ2n) is 8.17. The fourth-order valence-corrected chi connectivity index (χ4v) is 4.02. The topological polar surface area (TPSA) is 203 Å². The van der Waals surface area contributed by atoms with Crippen LogP contribution in [0.25, 0.3) is 0 Å². The Labute approximate surface area is 166 Å². The molecule has 0 bridgehead atoms. The highest BCUT2D eigenvalue weighted by Crippen LogP contribution is 2.22. The zero-order chi connectivity index (χ0) is 20.8. The molecule has 2 rings (SSSR count). The van der Waals surface area contributed by atoms with E-state index in [-0.39, 0.29) is 0 Å². The van der Waals surface area contributed by atoms with Crippen molar-refractivity contribution in [3.05, 3.63) is 0 Å². The molecule has 0 heterocycles. The zero-order valence-corrected chi connectivity index (χ0v) is 16.3. The van der Waals surface area contributed by atoms with Crippen molar-refractivity contribution >= 4 is 0 Å². The van der Waals surface area contributed by atoms with Crippen LogP contribution in [0.3, 0.4) is 0 Å². The van der Waals surface area contributed by atoms with Gasteiger partial charge in [0.2, 0.25) is 0 Å². The molecular formula is C18H38N4O6. The molecule has 2 fully saturated rings. The first-order valence-corrected chi connectivity index (χ1v) is 10.2. The molecule has 166 valence electrons. The molecule has 10 nitrogen and oxygen atoms in total. The van der Waals surface area contributed by atoms with Crippen LogP contribution in [0.15, 0.2) is 0 Å². The van der Waals surface area contributed by atoms with Gasteiger partial charge in [0, 0.05) is 37.4 Å². The number of hydrogen-bond acceptors (Lipinski definition) is 10. The Morgan fingerprint density at radius 3 is 1.25 bits per heavy atom. The van der Waals surface area contributed by atoms with Gasteiger partial charge in [0.1, 0.15) is 24.4 Å². The van der Waals surface area contributed by atoms with E-state index in [1.54, 1.807) is 0 Å². The average Bonchev–Trinajstić information content (AvgIpc) is 2.64. The molecule has 2 aliphatic rings. The summed E-state index contributed by atoms with van der Waals surface area (Å²) in [6, 6.07) is -1.84. The molecule has 10 heteroatoms. The number of unbranched alkanes of at least 4 members (excludes halogenated alkanes) is 3. The van der Waals surface area contributed by atoms with Crippen LogP contribution < -0.4 is 22.9 Å². The van der Waals surface area contributed by atoms with E-state index in [1.165, 1.54) is 0 Å². The van der Waals surface area contributed by atoms with Gasteiger partial charge in [0.05, 0.1) is 12.2 Å². The van der Waals surface area contributed by atoms with Crippen molar-refractivity contribution in [1.29, 1.82) is 0 Å². The van der Waals surface area contributed by atoms with Gasteiger partial charge in [-0.3, -0.25) is 0 Å². The summed E-state index contributed by atoms with van der Waals surface area (Å²) in [5.41, 5.74) is 23.4. The van der Waals surface area contributed by atoms with Gasteiger partial charge >= 0.3 is 0 Å². The van der Waals surface area contributed by atoms with Crippen LogP contribution in [0.2, 0.25) is 0 Å². The molecule has 12 N–H and O–H groups in total. The minimum Gasteiger partial charge on any atom is -0.389 e. The van der Waals surface area contributed by atoms with Crippen LogP contribution in [0.1, 0.15) is 38.5 Å². The van der Waals surface area contributed by atoms with E-state index in [0.717, 1.165) is 25.7 Å². The van der Waals surface area contributed by atoms with E-state index in [0.29, 0.717) is 26.1 Å². The largest absolute Gasteiger partial charge is 0.389 e. The summed E-state index contributed by atoms with van der Waals surface area (Å²) >= 11 is 0. The van der Waals surface area contributed by atoms with Crippen molar-refractivity contribution in [2.75, 3.05) is 13.2 Å². The number of aliphatic hydroxyl groups is 4. The van der Waals surface area contributed by atoms with Crippen molar-refractivity contribution < 1.29 is 29.9 Å². The number of nitrogens with two attached hydrogens (primary N) is 4. The number of rotatable bonds is 9. The van der Waals surface area contributed by atoms with Crippen LogP contribution in [0, 0.1) is 0 Å². The van der Waals surface area contributed by atoms with E-state index >= 15 is 0 Å². The Bertz CT molecular complexity index is 422. The predicted octanol–water partition coefficient (Wildman–Crippen LogP) is -3.12. The highest BCUT2D eigenvalue weighted by atomic mass is 16.5. The molecule has 0 unspecified atom stereocenters. The zero-order valence-electron chi connectivity index (χ0n) is 16.3. The first-order chi connectivity index (χ1) is 13.2. The Hall–Kier alpha value is -0.400. The lowest BCUT2D eigenvalue weighted by Gasteiger charge is -2.39. The van der Waals surface area contributed by atoms with Crippen molar-refractivity contribution in [3.63, 3.8) is 0 Å². The van der Waals surface area contributed by atoms with Crippen LogP contribution >= 0.6 is 0 Å². The number of aliphatic hydroxyl groups excluding tert-OH is 4. The van der Waals surface area contributed by atoms with E-state index in [2.05, 4.69) is 0 Å². The average molecular weight is 407 g/mol. The van der Waals surface area contributed by atoms with Gasteiger partial charge < -0.3 is 52.8 Å². The van der Waals surface area contributed by atoms with Crippen molar-refractivity contribution in [2.24, 2.45) is 22.9 Å². The fraction of sp³-hybridized carbons (Fsp3) is 1.00. The number of ether oxygens (including phenoxy) is 2. The summed E-state index contributed by atoms with van der Waals surface area (Å²) in [5, 5.41) is 39.8. The molecule has 10 atom stereocenters. The summed E-state index contributed by atoms with van der Waals surface area (Å²) in [5.74, 6) is 0. The third-order valence-corrected chi connectivity index (χ3v) is 5.84. The van der Waals surface area contributed by atoms with E-state index in [4.69, 9.17) is 32.4 Å². The van der Waals surface area contributed by atoms with Gasteiger partial charge in [-0.2, -0.15) is 0 Å². The molecular weight excluding hydrogens is 368 g/mol. The van der Waals surface area contributed by atoms with Crippen molar-refractivity contribution in [3.8, 4) is 0 Å². The first kappa shape index (κ1) is 23.9. The van der Waals surface area contributed by atoms with Crippen LogP contribution in [0.5, 0.6) is 0 Å². The first-order valence-electron chi connectivity index (χ1n) is 10.2. The Morgan fingerprint density at radius 1 is 0.536 bits per heavy atom. The van der Waals surface area contributed by atoms with Crippen LogP contribution in [-0.2, 0) is 9.47 Å². The molecule has 0 aliphatic heterocycles. The highest BCUT2D eigenvalue weighted by molar-refractivity contribution is 4.98. The Balaban J connectivity index is 1.55. The molecule has 0 spiro atoms. The Morgan fingerprint density at radius 2 is 0.893 bits per heavy atom. The normalized spacial score (nSPS) is 44.6. The van der Waals surface area contributed by atoms with Crippen LogP contribution in [-0.4, -0.2) is 94.4 Å². The lowest BCUT2D eigenvalue weighted by atomic mass is 9.85. The summed E-state index contributed by atoms with van der Waals surface area (Å²) in [4.78, 5) is 0. The molecule has 0 aromatic carbocycles. The SMILES string of the molecule is N[C@@H]1C[C@H](N)[C@@H](OCCCCCCO[C@H]2[C@H](O)[C@@H](O)[C@H](N)C[C@@H]2N)[C@H](O)[C@H]1O. The molecule has 2 aliphatic carbocycles. The smallest absolute Gasteiger partial charge is 0.109 e. The maximum Gasteiger partial charge on any atom is 0.109 e. The molecule has 28 heavy (non-hydrogen) atoms. The lowest BCUT2D eigenvalue weighted by Crippen LogP contribution is -2.62. The van der Waals surface area contributed by atoms with Gasteiger partial charge in [0.15, 0.2) is 0 Å². The van der Waals surface area contributed by atoms with Gasteiger partial charge in [-0.15, -0.1) is 0 Å². The van der Waals surface area contributed by atoms with E-state index < -0.39 is 60.8 Å². The summed E-state index contributed by atoms with van der Waals surface area (Å²) < 4.78 is 11.3. The third kappa shape index (κ3) is 6.05. The number of hydrogen-bond donors (Lipinski definition) is 8. The molecule has 0 amide bonds.